The first-order valence-electron chi connectivity index (χ1n) is 5.14. The summed E-state index contributed by atoms with van der Waals surface area (Å²) in [6, 6.07) is 7.09. The van der Waals surface area contributed by atoms with E-state index in [9.17, 15) is 4.79 Å². The zero-order valence-corrected chi connectivity index (χ0v) is 10.3. The first kappa shape index (κ1) is 11.7. The molecule has 2 aromatic rings. The number of nitrogens with one attached hydrogen (secondary N) is 1. The molecule has 1 N–H and O–H groups in total. The molecule has 0 atom stereocenters. The minimum atomic E-state index is -0.254. The van der Waals surface area contributed by atoms with Gasteiger partial charge in [0.2, 0.25) is 0 Å². The van der Waals surface area contributed by atoms with Gasteiger partial charge in [0.1, 0.15) is 0 Å². The van der Waals surface area contributed by atoms with E-state index >= 15 is 0 Å². The lowest BCUT2D eigenvalue weighted by Gasteiger charge is -2.05. The average Bonchev–Trinajstić information content (AvgIpc) is 2.61. The van der Waals surface area contributed by atoms with E-state index in [-0.39, 0.29) is 5.91 Å². The number of amides is 1. The van der Waals surface area contributed by atoms with Crippen LogP contribution in [0.4, 0.5) is 5.69 Å². The number of nitrogens with zero attached hydrogens (tertiary/aromatic N) is 2. The standard InChI is InChI=1S/C12H12ClN3O/c1-8-7-16(2)15-11(8)12(17)14-10-6-4-3-5-9(10)13/h3-7H,1-2H3,(H,14,17). The highest BCUT2D eigenvalue weighted by atomic mass is 35.5. The number of carbonyl (C=O) groups excluding carboxylic acids is 1. The highest BCUT2D eigenvalue weighted by Crippen LogP contribution is 2.21. The number of hydrogen-bond donors (Lipinski definition) is 1. The molecule has 2 rings (SSSR count). The Kier molecular flexibility index (Phi) is 3.15. The van der Waals surface area contributed by atoms with Gasteiger partial charge in [-0.05, 0) is 19.1 Å². The largest absolute Gasteiger partial charge is 0.319 e. The van der Waals surface area contributed by atoms with Crippen LogP contribution < -0.4 is 5.32 Å². The number of halogens is 1. The second-order valence-corrected chi connectivity index (χ2v) is 4.18. The predicted molar refractivity (Wildman–Crippen MR) is 67.4 cm³/mol. The Hall–Kier alpha value is -1.81. The molecule has 0 unspecified atom stereocenters. The Morgan fingerprint density at radius 3 is 2.71 bits per heavy atom. The topological polar surface area (TPSA) is 46.9 Å². The Bertz CT molecular complexity index is 563. The third-order valence-corrected chi connectivity index (χ3v) is 2.68. The second kappa shape index (κ2) is 4.59. The first-order valence-corrected chi connectivity index (χ1v) is 5.52. The van der Waals surface area contributed by atoms with Gasteiger partial charge in [0, 0.05) is 18.8 Å². The zero-order valence-electron chi connectivity index (χ0n) is 9.57. The lowest BCUT2D eigenvalue weighted by Crippen LogP contribution is -2.14. The summed E-state index contributed by atoms with van der Waals surface area (Å²) in [5, 5.41) is 7.34. The van der Waals surface area contributed by atoms with E-state index in [0.29, 0.717) is 16.4 Å². The summed E-state index contributed by atoms with van der Waals surface area (Å²) in [5.41, 5.74) is 1.83. The smallest absolute Gasteiger partial charge is 0.276 e. The summed E-state index contributed by atoms with van der Waals surface area (Å²) in [7, 11) is 1.78. The van der Waals surface area contributed by atoms with Gasteiger partial charge in [-0.2, -0.15) is 5.10 Å². The van der Waals surface area contributed by atoms with Crippen LogP contribution in [0.2, 0.25) is 5.02 Å². The van der Waals surface area contributed by atoms with E-state index in [1.54, 1.807) is 30.1 Å². The second-order valence-electron chi connectivity index (χ2n) is 3.77. The average molecular weight is 250 g/mol. The number of para-hydroxylation sites is 1. The van der Waals surface area contributed by atoms with Crippen molar-refractivity contribution >= 4 is 23.2 Å². The van der Waals surface area contributed by atoms with Crippen molar-refractivity contribution in [3.8, 4) is 0 Å². The fourth-order valence-corrected chi connectivity index (χ4v) is 1.76. The van der Waals surface area contributed by atoms with Crippen LogP contribution in [-0.4, -0.2) is 15.7 Å². The lowest BCUT2D eigenvalue weighted by atomic mass is 10.2. The van der Waals surface area contributed by atoms with Crippen molar-refractivity contribution in [2.45, 2.75) is 6.92 Å². The monoisotopic (exact) mass is 249 g/mol. The summed E-state index contributed by atoms with van der Waals surface area (Å²) in [6.07, 6.45) is 1.79. The molecule has 0 aliphatic carbocycles. The van der Waals surface area contributed by atoms with Crippen molar-refractivity contribution in [3.63, 3.8) is 0 Å². The molecule has 17 heavy (non-hydrogen) atoms. The molecule has 4 nitrogen and oxygen atoms in total. The fourth-order valence-electron chi connectivity index (χ4n) is 1.58. The minimum absolute atomic E-state index is 0.254. The third kappa shape index (κ3) is 2.47. The normalized spacial score (nSPS) is 10.3. The van der Waals surface area contributed by atoms with Gasteiger partial charge in [-0.15, -0.1) is 0 Å². The van der Waals surface area contributed by atoms with Gasteiger partial charge in [-0.25, -0.2) is 0 Å². The maximum absolute atomic E-state index is 12.0. The number of aromatic nitrogens is 2. The van der Waals surface area contributed by atoms with Gasteiger partial charge in [-0.1, -0.05) is 23.7 Å². The van der Waals surface area contributed by atoms with Crippen LogP contribution in [0, 0.1) is 6.92 Å². The molecular weight excluding hydrogens is 238 g/mol. The lowest BCUT2D eigenvalue weighted by molar-refractivity contribution is 0.102. The van der Waals surface area contributed by atoms with E-state index in [1.165, 1.54) is 0 Å². The van der Waals surface area contributed by atoms with E-state index in [4.69, 9.17) is 11.6 Å². The molecule has 0 spiro atoms. The molecule has 88 valence electrons. The van der Waals surface area contributed by atoms with Crippen LogP contribution in [0.5, 0.6) is 0 Å². The zero-order chi connectivity index (χ0) is 12.4. The van der Waals surface area contributed by atoms with Crippen molar-refractivity contribution in [1.82, 2.24) is 9.78 Å². The van der Waals surface area contributed by atoms with Crippen molar-refractivity contribution in [3.05, 3.63) is 46.7 Å². The summed E-state index contributed by atoms with van der Waals surface area (Å²) in [5.74, 6) is -0.254. The summed E-state index contributed by atoms with van der Waals surface area (Å²) >= 11 is 5.96. The number of carbonyl (C=O) groups is 1. The van der Waals surface area contributed by atoms with Crippen LogP contribution >= 0.6 is 11.6 Å². The van der Waals surface area contributed by atoms with Crippen molar-refractivity contribution < 1.29 is 4.79 Å². The van der Waals surface area contributed by atoms with Crippen molar-refractivity contribution in [2.24, 2.45) is 7.05 Å². The van der Waals surface area contributed by atoms with Gasteiger partial charge in [0.25, 0.3) is 5.91 Å². The van der Waals surface area contributed by atoms with Gasteiger partial charge >= 0.3 is 0 Å². The maximum Gasteiger partial charge on any atom is 0.276 e. The molecule has 0 saturated heterocycles. The Morgan fingerprint density at radius 1 is 1.41 bits per heavy atom. The molecule has 0 saturated carbocycles. The molecule has 0 aliphatic rings. The minimum Gasteiger partial charge on any atom is -0.319 e. The van der Waals surface area contributed by atoms with E-state index < -0.39 is 0 Å². The number of rotatable bonds is 2. The molecule has 0 radical (unpaired) electrons. The van der Waals surface area contributed by atoms with E-state index in [0.717, 1.165) is 5.56 Å². The number of benzene rings is 1. The molecule has 1 amide bonds. The van der Waals surface area contributed by atoms with Crippen LogP contribution in [0.25, 0.3) is 0 Å². The van der Waals surface area contributed by atoms with E-state index in [2.05, 4.69) is 10.4 Å². The third-order valence-electron chi connectivity index (χ3n) is 2.35. The highest BCUT2D eigenvalue weighted by Gasteiger charge is 2.14. The molecule has 1 aromatic heterocycles. The number of aryl methyl sites for hydroxylation is 2. The fraction of sp³-hybridized carbons (Fsp3) is 0.167. The maximum atomic E-state index is 12.0. The van der Waals surface area contributed by atoms with Crippen LogP contribution in [0.15, 0.2) is 30.5 Å². The summed E-state index contributed by atoms with van der Waals surface area (Å²) in [6.45, 7) is 1.84. The van der Waals surface area contributed by atoms with Gasteiger partial charge in [0.05, 0.1) is 10.7 Å². The number of hydrogen-bond acceptors (Lipinski definition) is 2. The first-order chi connectivity index (χ1) is 8.08. The summed E-state index contributed by atoms with van der Waals surface area (Å²) in [4.78, 5) is 12.0. The van der Waals surface area contributed by atoms with Gasteiger partial charge in [0.15, 0.2) is 5.69 Å². The quantitative estimate of drug-likeness (QED) is 0.889. The SMILES string of the molecule is Cc1cn(C)nc1C(=O)Nc1ccccc1Cl. The number of anilines is 1. The van der Waals surface area contributed by atoms with Gasteiger partial charge < -0.3 is 5.32 Å². The van der Waals surface area contributed by atoms with Crippen LogP contribution in [0.3, 0.4) is 0 Å². The molecule has 1 aromatic carbocycles. The molecule has 1 heterocycles. The Morgan fingerprint density at radius 2 is 2.12 bits per heavy atom. The van der Waals surface area contributed by atoms with Crippen molar-refractivity contribution in [2.75, 3.05) is 5.32 Å². The molecular formula is C12H12ClN3O. The highest BCUT2D eigenvalue weighted by molar-refractivity contribution is 6.33. The predicted octanol–water partition coefficient (Wildman–Crippen LogP) is 2.63. The molecule has 0 fully saturated rings. The molecule has 5 heteroatoms. The molecule has 0 aliphatic heterocycles. The van der Waals surface area contributed by atoms with Gasteiger partial charge in [-0.3, -0.25) is 9.48 Å². The summed E-state index contributed by atoms with van der Waals surface area (Å²) < 4.78 is 1.61. The molecule has 0 bridgehead atoms. The Balaban J connectivity index is 2.23. The van der Waals surface area contributed by atoms with Crippen molar-refractivity contribution in [1.29, 1.82) is 0 Å². The van der Waals surface area contributed by atoms with E-state index in [1.807, 2.05) is 19.1 Å². The van der Waals surface area contributed by atoms with Crippen LogP contribution in [-0.2, 0) is 7.05 Å². The van der Waals surface area contributed by atoms with Crippen LogP contribution in [0.1, 0.15) is 16.1 Å². The Labute approximate surface area is 104 Å².